The van der Waals surface area contributed by atoms with Crippen molar-refractivity contribution in [2.45, 2.75) is 45.2 Å². The summed E-state index contributed by atoms with van der Waals surface area (Å²) in [6.45, 7) is 11.6. The Morgan fingerprint density at radius 3 is 1.96 bits per heavy atom. The average Bonchev–Trinajstić information content (AvgIpc) is 2.69. The van der Waals surface area contributed by atoms with Crippen LogP contribution in [-0.4, -0.2) is 79.5 Å². The van der Waals surface area contributed by atoms with Gasteiger partial charge >= 0.3 is 0 Å². The second-order valence-electron chi connectivity index (χ2n) is 7.61. The van der Waals surface area contributed by atoms with Crippen LogP contribution < -0.4 is 20.0 Å². The van der Waals surface area contributed by atoms with E-state index in [1.54, 1.807) is 0 Å². The topological polar surface area (TPSA) is 69.7 Å². The zero-order chi connectivity index (χ0) is 17.9. The van der Waals surface area contributed by atoms with E-state index in [0.717, 1.165) is 70.3 Å². The molecular formula is C18H31N7O. The van der Waals surface area contributed by atoms with Crippen LogP contribution >= 0.6 is 0 Å². The van der Waals surface area contributed by atoms with Gasteiger partial charge in [-0.05, 0) is 33.1 Å². The number of nitrogens with one attached hydrogen (secondary N) is 1. The van der Waals surface area contributed by atoms with Crippen molar-refractivity contribution in [2.75, 3.05) is 67.2 Å². The summed E-state index contributed by atoms with van der Waals surface area (Å²) in [6.07, 6.45) is 3.68. The third-order valence-corrected chi connectivity index (χ3v) is 5.72. The number of hydrogen-bond acceptors (Lipinski definition) is 8. The van der Waals surface area contributed by atoms with Gasteiger partial charge in [0.15, 0.2) is 0 Å². The quantitative estimate of drug-likeness (QED) is 0.851. The number of piperazine rings is 1. The van der Waals surface area contributed by atoms with Gasteiger partial charge < -0.3 is 24.8 Å². The highest BCUT2D eigenvalue weighted by atomic mass is 16.5. The molecular weight excluding hydrogens is 330 g/mol. The molecule has 4 rings (SSSR count). The predicted molar refractivity (Wildman–Crippen MR) is 103 cm³/mol. The van der Waals surface area contributed by atoms with Gasteiger partial charge in [0.2, 0.25) is 17.8 Å². The number of anilines is 3. The van der Waals surface area contributed by atoms with Crippen LogP contribution in [0.1, 0.15) is 33.1 Å². The van der Waals surface area contributed by atoms with E-state index >= 15 is 0 Å². The molecule has 4 heterocycles. The van der Waals surface area contributed by atoms with Gasteiger partial charge in [-0.15, -0.1) is 0 Å². The summed E-state index contributed by atoms with van der Waals surface area (Å²) in [5.74, 6) is 2.47. The highest BCUT2D eigenvalue weighted by Crippen LogP contribution is 2.29. The second kappa shape index (κ2) is 7.92. The number of ether oxygens (including phenoxy) is 1. The third kappa shape index (κ3) is 3.71. The molecule has 3 saturated heterocycles. The molecule has 1 N–H and O–H groups in total. The number of piperidine rings is 1. The zero-order valence-corrected chi connectivity index (χ0v) is 16.0. The molecule has 0 amide bonds. The normalized spacial score (nSPS) is 27.7. The van der Waals surface area contributed by atoms with Crippen LogP contribution in [0, 0.1) is 0 Å². The Hall–Kier alpha value is -1.67. The van der Waals surface area contributed by atoms with Gasteiger partial charge in [-0.2, -0.15) is 15.0 Å². The summed E-state index contributed by atoms with van der Waals surface area (Å²) in [4.78, 5) is 21.6. The molecule has 2 unspecified atom stereocenters. The van der Waals surface area contributed by atoms with E-state index in [4.69, 9.17) is 19.7 Å². The van der Waals surface area contributed by atoms with Crippen molar-refractivity contribution in [3.63, 3.8) is 0 Å². The molecule has 26 heavy (non-hydrogen) atoms. The first-order valence-corrected chi connectivity index (χ1v) is 10.0. The van der Waals surface area contributed by atoms with E-state index in [-0.39, 0.29) is 0 Å². The molecule has 0 spiro atoms. The van der Waals surface area contributed by atoms with Crippen LogP contribution in [0.4, 0.5) is 17.8 Å². The molecule has 3 fully saturated rings. The van der Waals surface area contributed by atoms with Crippen molar-refractivity contribution < 1.29 is 4.74 Å². The summed E-state index contributed by atoms with van der Waals surface area (Å²) < 4.78 is 5.51. The van der Waals surface area contributed by atoms with Gasteiger partial charge in [0.25, 0.3) is 0 Å². The fraction of sp³-hybridized carbons (Fsp3) is 0.833. The number of rotatable bonds is 3. The van der Waals surface area contributed by atoms with E-state index in [1.807, 2.05) is 0 Å². The molecule has 144 valence electrons. The van der Waals surface area contributed by atoms with E-state index in [0.29, 0.717) is 12.1 Å². The molecule has 8 nitrogen and oxygen atoms in total. The summed E-state index contributed by atoms with van der Waals surface area (Å²) >= 11 is 0. The predicted octanol–water partition coefficient (Wildman–Crippen LogP) is 0.885. The van der Waals surface area contributed by atoms with Crippen LogP contribution in [-0.2, 0) is 4.74 Å². The number of hydrogen-bond donors (Lipinski definition) is 1. The molecule has 0 aromatic carbocycles. The molecule has 1 aromatic rings. The highest BCUT2D eigenvalue weighted by Gasteiger charge is 2.29. The van der Waals surface area contributed by atoms with Crippen LogP contribution in [0.25, 0.3) is 0 Å². The summed E-state index contributed by atoms with van der Waals surface area (Å²) in [5.41, 5.74) is 0. The molecule has 0 saturated carbocycles. The Labute approximate surface area is 155 Å². The van der Waals surface area contributed by atoms with Crippen molar-refractivity contribution in [1.82, 2.24) is 20.3 Å². The van der Waals surface area contributed by atoms with E-state index in [9.17, 15) is 0 Å². The standard InChI is InChI=1S/C18H31N7O/c1-14-4-3-5-15(2)25(14)18-21-16(23-8-6-19-7-9-23)20-17(22-18)24-10-12-26-13-11-24/h14-15,19H,3-13H2,1-2H3. The number of aromatic nitrogens is 3. The lowest BCUT2D eigenvalue weighted by molar-refractivity contribution is 0.122. The molecule has 8 heteroatoms. The Morgan fingerprint density at radius 1 is 0.808 bits per heavy atom. The van der Waals surface area contributed by atoms with Gasteiger partial charge in [0, 0.05) is 51.4 Å². The molecule has 0 bridgehead atoms. The van der Waals surface area contributed by atoms with Gasteiger partial charge in [-0.25, -0.2) is 0 Å². The summed E-state index contributed by atoms with van der Waals surface area (Å²) in [5, 5.41) is 3.40. The Kier molecular flexibility index (Phi) is 5.40. The van der Waals surface area contributed by atoms with Crippen LogP contribution in [0.5, 0.6) is 0 Å². The fourth-order valence-corrected chi connectivity index (χ4v) is 4.19. The maximum absolute atomic E-state index is 5.51. The van der Waals surface area contributed by atoms with Crippen molar-refractivity contribution in [3.8, 4) is 0 Å². The van der Waals surface area contributed by atoms with Crippen LogP contribution in [0.2, 0.25) is 0 Å². The van der Waals surface area contributed by atoms with E-state index in [1.165, 1.54) is 19.3 Å². The maximum atomic E-state index is 5.51. The summed E-state index contributed by atoms with van der Waals surface area (Å²) in [7, 11) is 0. The lowest BCUT2D eigenvalue weighted by atomic mass is 9.98. The number of nitrogens with zero attached hydrogens (tertiary/aromatic N) is 6. The first-order valence-electron chi connectivity index (χ1n) is 10.0. The minimum Gasteiger partial charge on any atom is -0.378 e. The molecule has 2 atom stereocenters. The highest BCUT2D eigenvalue weighted by molar-refractivity contribution is 5.48. The zero-order valence-electron chi connectivity index (χ0n) is 16.0. The number of morpholine rings is 1. The SMILES string of the molecule is CC1CCCC(C)N1c1nc(N2CCNCC2)nc(N2CCOCC2)n1. The fourth-order valence-electron chi connectivity index (χ4n) is 4.19. The first-order chi connectivity index (χ1) is 12.7. The van der Waals surface area contributed by atoms with Crippen LogP contribution in [0.3, 0.4) is 0 Å². The Morgan fingerprint density at radius 2 is 1.35 bits per heavy atom. The third-order valence-electron chi connectivity index (χ3n) is 5.72. The van der Waals surface area contributed by atoms with Crippen LogP contribution in [0.15, 0.2) is 0 Å². The van der Waals surface area contributed by atoms with Gasteiger partial charge in [-0.3, -0.25) is 0 Å². The molecule has 3 aliphatic heterocycles. The van der Waals surface area contributed by atoms with Crippen molar-refractivity contribution >= 4 is 17.8 Å². The van der Waals surface area contributed by atoms with E-state index in [2.05, 4.69) is 33.9 Å². The first kappa shape index (κ1) is 17.7. The van der Waals surface area contributed by atoms with E-state index < -0.39 is 0 Å². The average molecular weight is 361 g/mol. The Balaban J connectivity index is 1.69. The van der Waals surface area contributed by atoms with Crippen molar-refractivity contribution in [1.29, 1.82) is 0 Å². The Bertz CT molecular complexity index is 555. The lowest BCUT2D eigenvalue weighted by Gasteiger charge is -2.40. The smallest absolute Gasteiger partial charge is 0.232 e. The lowest BCUT2D eigenvalue weighted by Crippen LogP contribution is -2.47. The van der Waals surface area contributed by atoms with Crippen molar-refractivity contribution in [2.24, 2.45) is 0 Å². The molecule has 1 aromatic heterocycles. The second-order valence-corrected chi connectivity index (χ2v) is 7.61. The maximum Gasteiger partial charge on any atom is 0.232 e. The monoisotopic (exact) mass is 361 g/mol. The van der Waals surface area contributed by atoms with Gasteiger partial charge in [-0.1, -0.05) is 0 Å². The minimum atomic E-state index is 0.467. The van der Waals surface area contributed by atoms with Crippen molar-refractivity contribution in [3.05, 3.63) is 0 Å². The van der Waals surface area contributed by atoms with Gasteiger partial charge in [0.1, 0.15) is 0 Å². The summed E-state index contributed by atoms with van der Waals surface area (Å²) in [6, 6.07) is 0.934. The molecule has 0 aliphatic carbocycles. The largest absolute Gasteiger partial charge is 0.378 e. The molecule has 0 radical (unpaired) electrons. The molecule has 3 aliphatic rings. The minimum absolute atomic E-state index is 0.467. The van der Waals surface area contributed by atoms with Gasteiger partial charge in [0.05, 0.1) is 13.2 Å².